The van der Waals surface area contributed by atoms with Crippen LogP contribution in [0.4, 0.5) is 0 Å². The van der Waals surface area contributed by atoms with Crippen LogP contribution in [0.5, 0.6) is 0 Å². The van der Waals surface area contributed by atoms with E-state index in [0.717, 1.165) is 0 Å². The summed E-state index contributed by atoms with van der Waals surface area (Å²) in [6, 6.07) is 8.48. The standard InChI is InChI=1S/C8H10.3Na.H3O4P/c1-7-3-5-8(2)6-4-7;;;;1-5(2,3)4/h3-6H,1-2H3;;;;(H3,1,2,3,4)/q;3*+1;/p-3. The molecule has 0 spiro atoms. The van der Waals surface area contributed by atoms with Crippen molar-refractivity contribution in [2.75, 3.05) is 0 Å². The molecule has 0 bridgehead atoms. The zero-order valence-corrected chi connectivity index (χ0v) is 17.3. The van der Waals surface area contributed by atoms with Crippen LogP contribution in [0.25, 0.3) is 0 Å². The molecule has 0 unspecified atom stereocenters. The average Bonchev–Trinajstić information content (AvgIpc) is 1.92. The van der Waals surface area contributed by atoms with Gasteiger partial charge in [-0.2, -0.15) is 7.82 Å². The summed E-state index contributed by atoms with van der Waals surface area (Å²) in [5, 5.41) is 0. The first kappa shape index (κ1) is 26.8. The van der Waals surface area contributed by atoms with E-state index < -0.39 is 7.82 Å². The molecule has 1 aromatic carbocycles. The zero-order valence-electron chi connectivity index (χ0n) is 10.4. The molecule has 0 aliphatic heterocycles. The van der Waals surface area contributed by atoms with Gasteiger partial charge in [0.15, 0.2) is 0 Å². The van der Waals surface area contributed by atoms with Crippen LogP contribution in [-0.4, -0.2) is 0 Å². The second kappa shape index (κ2) is 13.8. The minimum atomic E-state index is -5.39. The molecule has 0 saturated heterocycles. The van der Waals surface area contributed by atoms with Crippen molar-refractivity contribution in [2.24, 2.45) is 0 Å². The minimum absolute atomic E-state index is 0. The van der Waals surface area contributed by atoms with Gasteiger partial charge in [-0.3, -0.25) is 0 Å². The van der Waals surface area contributed by atoms with Crippen molar-refractivity contribution in [1.82, 2.24) is 0 Å². The van der Waals surface area contributed by atoms with E-state index in [0.29, 0.717) is 0 Å². The third kappa shape index (κ3) is 25.2. The molecule has 74 valence electrons. The van der Waals surface area contributed by atoms with Crippen molar-refractivity contribution in [3.05, 3.63) is 35.4 Å². The molecule has 0 saturated carbocycles. The van der Waals surface area contributed by atoms with E-state index in [4.69, 9.17) is 19.2 Å². The molecule has 0 radical (unpaired) electrons. The first-order chi connectivity index (χ1) is 5.79. The number of rotatable bonds is 0. The molecule has 0 amide bonds. The third-order valence-corrected chi connectivity index (χ3v) is 1.22. The van der Waals surface area contributed by atoms with Crippen LogP contribution in [-0.2, 0) is 4.57 Å². The van der Waals surface area contributed by atoms with E-state index in [9.17, 15) is 0 Å². The maximum atomic E-state index is 8.55. The van der Waals surface area contributed by atoms with Crippen molar-refractivity contribution < 1.29 is 108 Å². The maximum absolute atomic E-state index is 8.55. The largest absolute Gasteiger partial charge is 1.00 e. The fourth-order valence-electron chi connectivity index (χ4n) is 0.637. The summed E-state index contributed by atoms with van der Waals surface area (Å²) in [7, 11) is -5.39. The van der Waals surface area contributed by atoms with Gasteiger partial charge in [0.25, 0.3) is 0 Å². The maximum Gasteiger partial charge on any atom is 1.00 e. The Labute approximate surface area is 162 Å². The molecule has 4 nitrogen and oxygen atoms in total. The summed E-state index contributed by atoms with van der Waals surface area (Å²) in [5.41, 5.74) is 2.66. The molecule has 0 fully saturated rings. The molecule has 0 aliphatic rings. The smallest absolute Gasteiger partial charge is 0.822 e. The number of phosphoric acid groups is 1. The van der Waals surface area contributed by atoms with Gasteiger partial charge in [0.1, 0.15) is 0 Å². The molecular formula is C8H10Na3O4P. The van der Waals surface area contributed by atoms with Gasteiger partial charge < -0.3 is 19.2 Å². The molecule has 0 heterocycles. The van der Waals surface area contributed by atoms with Gasteiger partial charge in [-0.05, 0) is 13.8 Å². The van der Waals surface area contributed by atoms with Gasteiger partial charge in [0.2, 0.25) is 0 Å². The summed E-state index contributed by atoms with van der Waals surface area (Å²) in [6.45, 7) is 4.19. The first-order valence-electron chi connectivity index (χ1n) is 3.55. The van der Waals surface area contributed by atoms with Crippen LogP contribution < -0.4 is 103 Å². The molecule has 0 N–H and O–H groups in total. The van der Waals surface area contributed by atoms with Crippen molar-refractivity contribution in [1.29, 1.82) is 0 Å². The van der Waals surface area contributed by atoms with Crippen LogP contribution in [0.15, 0.2) is 24.3 Å². The van der Waals surface area contributed by atoms with Crippen LogP contribution in [0.3, 0.4) is 0 Å². The number of benzene rings is 1. The summed E-state index contributed by atoms with van der Waals surface area (Å²) >= 11 is 0. The monoisotopic (exact) mass is 270 g/mol. The van der Waals surface area contributed by atoms with Gasteiger partial charge in [0.05, 0.1) is 0 Å². The second-order valence-electron chi connectivity index (χ2n) is 2.60. The molecule has 8 heteroatoms. The third-order valence-electron chi connectivity index (χ3n) is 1.22. The van der Waals surface area contributed by atoms with E-state index in [1.807, 2.05) is 0 Å². The van der Waals surface area contributed by atoms with E-state index in [1.165, 1.54) is 11.1 Å². The second-order valence-corrected chi connectivity index (χ2v) is 3.50. The predicted octanol–water partition coefficient (Wildman–Crippen LogP) is -9.51. The van der Waals surface area contributed by atoms with Crippen molar-refractivity contribution in [2.45, 2.75) is 13.8 Å². The minimum Gasteiger partial charge on any atom is -0.822 e. The molecule has 0 atom stereocenters. The number of hydrogen-bond acceptors (Lipinski definition) is 4. The van der Waals surface area contributed by atoms with Gasteiger partial charge in [0, 0.05) is 0 Å². The molecule has 1 aromatic rings. The SMILES string of the molecule is Cc1ccc(C)cc1.O=P([O-])([O-])[O-].[Na+].[Na+].[Na+]. The fourth-order valence-corrected chi connectivity index (χ4v) is 0.637. The van der Waals surface area contributed by atoms with Crippen molar-refractivity contribution in [3.63, 3.8) is 0 Å². The van der Waals surface area contributed by atoms with E-state index in [-0.39, 0.29) is 88.7 Å². The van der Waals surface area contributed by atoms with E-state index in [1.54, 1.807) is 0 Å². The normalized spacial score (nSPS) is 8.31. The van der Waals surface area contributed by atoms with Gasteiger partial charge in [-0.25, -0.2) is 0 Å². The molecule has 1 rings (SSSR count). The summed E-state index contributed by atoms with van der Waals surface area (Å²) in [5.74, 6) is 0. The molecule has 0 aromatic heterocycles. The van der Waals surface area contributed by atoms with Gasteiger partial charge in [-0.15, -0.1) is 0 Å². The van der Waals surface area contributed by atoms with E-state index in [2.05, 4.69) is 38.1 Å². The Balaban J connectivity index is -0.0000000818. The first-order valence-corrected chi connectivity index (χ1v) is 5.01. The van der Waals surface area contributed by atoms with E-state index >= 15 is 0 Å². The Morgan fingerprint density at radius 2 is 0.938 bits per heavy atom. The predicted molar refractivity (Wildman–Crippen MR) is 43.5 cm³/mol. The van der Waals surface area contributed by atoms with Gasteiger partial charge in [-0.1, -0.05) is 35.4 Å². The van der Waals surface area contributed by atoms with Crippen molar-refractivity contribution >= 4 is 7.82 Å². The topological polar surface area (TPSA) is 86.2 Å². The summed E-state index contributed by atoms with van der Waals surface area (Å²) in [6.07, 6.45) is 0. The van der Waals surface area contributed by atoms with Crippen LogP contribution in [0.1, 0.15) is 11.1 Å². The number of hydrogen-bond donors (Lipinski definition) is 0. The quantitative estimate of drug-likeness (QED) is 0.346. The zero-order chi connectivity index (χ0) is 10.5. The molecular weight excluding hydrogens is 260 g/mol. The Kier molecular flexibility index (Phi) is 23.0. The Bertz CT molecular complexity index is 269. The molecule has 16 heavy (non-hydrogen) atoms. The fraction of sp³-hybridized carbons (Fsp3) is 0.250. The summed E-state index contributed by atoms with van der Waals surface area (Å²) in [4.78, 5) is 25.6. The Morgan fingerprint density at radius 1 is 0.812 bits per heavy atom. The Morgan fingerprint density at radius 3 is 1.06 bits per heavy atom. The van der Waals surface area contributed by atoms with Crippen LogP contribution in [0, 0.1) is 13.8 Å². The number of aryl methyl sites for hydroxylation is 2. The summed E-state index contributed by atoms with van der Waals surface area (Å²) < 4.78 is 8.55. The Hall–Kier alpha value is 2.33. The van der Waals surface area contributed by atoms with Crippen molar-refractivity contribution in [3.8, 4) is 0 Å². The van der Waals surface area contributed by atoms with Crippen LogP contribution in [0.2, 0.25) is 0 Å². The average molecular weight is 270 g/mol. The molecule has 0 aliphatic carbocycles. The van der Waals surface area contributed by atoms with Crippen LogP contribution >= 0.6 is 7.82 Å². The van der Waals surface area contributed by atoms with Gasteiger partial charge >= 0.3 is 88.7 Å².